The van der Waals surface area contributed by atoms with E-state index in [1.54, 1.807) is 25.3 Å². The summed E-state index contributed by atoms with van der Waals surface area (Å²) in [5.41, 5.74) is 0.786. The van der Waals surface area contributed by atoms with Crippen molar-refractivity contribution in [1.29, 1.82) is 0 Å². The van der Waals surface area contributed by atoms with Gasteiger partial charge in [-0.05, 0) is 48.6 Å². The van der Waals surface area contributed by atoms with Crippen molar-refractivity contribution in [2.45, 2.75) is 17.9 Å². The Morgan fingerprint density at radius 3 is 2.57 bits per heavy atom. The topological polar surface area (TPSA) is 75.7 Å². The zero-order valence-electron chi connectivity index (χ0n) is 13.2. The average molecular weight is 336 g/mol. The molecule has 1 saturated heterocycles. The highest BCUT2D eigenvalue weighted by molar-refractivity contribution is 7.89. The second kappa shape index (κ2) is 5.65. The number of hydrogen-bond acceptors (Lipinski definition) is 4. The SMILES string of the molecule is C=CC(=O)NC1C2CN(S(=O)(=O)c3ccc(OC)c(C)c3)CC21. The van der Waals surface area contributed by atoms with Gasteiger partial charge in [-0.25, -0.2) is 8.42 Å². The van der Waals surface area contributed by atoms with Gasteiger partial charge in [0.2, 0.25) is 15.9 Å². The number of sulfonamides is 1. The van der Waals surface area contributed by atoms with Crippen LogP contribution in [-0.2, 0) is 14.8 Å². The van der Waals surface area contributed by atoms with E-state index in [0.29, 0.717) is 18.8 Å². The predicted octanol–water partition coefficient (Wildman–Crippen LogP) is 0.925. The van der Waals surface area contributed by atoms with E-state index in [9.17, 15) is 13.2 Å². The van der Waals surface area contributed by atoms with Crippen molar-refractivity contribution in [2.24, 2.45) is 11.8 Å². The quantitative estimate of drug-likeness (QED) is 0.812. The first-order valence-corrected chi connectivity index (χ1v) is 8.90. The maximum Gasteiger partial charge on any atom is 0.243 e. The Labute approximate surface area is 136 Å². The molecular weight excluding hydrogens is 316 g/mol. The molecule has 23 heavy (non-hydrogen) atoms. The highest BCUT2D eigenvalue weighted by Crippen LogP contribution is 2.47. The van der Waals surface area contributed by atoms with Crippen LogP contribution in [0.25, 0.3) is 0 Å². The molecule has 6 nitrogen and oxygen atoms in total. The van der Waals surface area contributed by atoms with Crippen molar-refractivity contribution in [1.82, 2.24) is 9.62 Å². The molecule has 2 unspecified atom stereocenters. The monoisotopic (exact) mass is 336 g/mol. The maximum absolute atomic E-state index is 12.7. The molecule has 1 saturated carbocycles. The van der Waals surface area contributed by atoms with Gasteiger partial charge in [0.15, 0.2) is 0 Å². The van der Waals surface area contributed by atoms with Crippen LogP contribution in [0.4, 0.5) is 0 Å². The first-order valence-electron chi connectivity index (χ1n) is 7.46. The van der Waals surface area contributed by atoms with Crippen molar-refractivity contribution in [3.8, 4) is 5.75 Å². The molecule has 0 bridgehead atoms. The fourth-order valence-electron chi connectivity index (χ4n) is 3.28. The standard InChI is InChI=1S/C16H20N2O4S/c1-4-15(19)17-16-12-8-18(9-13(12)16)23(20,21)11-5-6-14(22-3)10(2)7-11/h4-7,12-13,16H,1,8-9H2,2-3H3,(H,17,19). The number of fused-ring (bicyclic) bond motifs is 1. The minimum absolute atomic E-state index is 0.0737. The number of aryl methyl sites for hydroxylation is 1. The third kappa shape index (κ3) is 2.74. The Kier molecular flexibility index (Phi) is 3.93. The lowest BCUT2D eigenvalue weighted by atomic mass is 10.2. The Balaban J connectivity index is 1.71. The van der Waals surface area contributed by atoms with Crippen LogP contribution in [-0.4, -0.2) is 44.9 Å². The van der Waals surface area contributed by atoms with Gasteiger partial charge < -0.3 is 10.1 Å². The average Bonchev–Trinajstić information content (AvgIpc) is 2.97. The highest BCUT2D eigenvalue weighted by Gasteiger charge is 2.58. The summed E-state index contributed by atoms with van der Waals surface area (Å²) in [6.07, 6.45) is 1.24. The van der Waals surface area contributed by atoms with Crippen LogP contribution in [0.15, 0.2) is 35.7 Å². The second-order valence-electron chi connectivity index (χ2n) is 6.02. The molecule has 3 rings (SSSR count). The lowest BCUT2D eigenvalue weighted by Crippen LogP contribution is -2.36. The maximum atomic E-state index is 12.7. The Bertz CT molecular complexity index is 747. The Morgan fingerprint density at radius 1 is 1.39 bits per heavy atom. The van der Waals surface area contributed by atoms with E-state index in [0.717, 1.165) is 5.56 Å². The number of hydrogen-bond donors (Lipinski definition) is 1. The molecule has 1 heterocycles. The van der Waals surface area contributed by atoms with Crippen LogP contribution in [0.5, 0.6) is 5.75 Å². The molecule has 2 aliphatic rings. The van der Waals surface area contributed by atoms with Crippen molar-refractivity contribution in [3.63, 3.8) is 0 Å². The summed E-state index contributed by atoms with van der Waals surface area (Å²) in [7, 11) is -1.94. The van der Waals surface area contributed by atoms with Crippen molar-refractivity contribution >= 4 is 15.9 Å². The van der Waals surface area contributed by atoms with Gasteiger partial charge in [0, 0.05) is 19.1 Å². The molecule has 0 aromatic heterocycles. The highest BCUT2D eigenvalue weighted by atomic mass is 32.2. The minimum Gasteiger partial charge on any atom is -0.496 e. The van der Waals surface area contributed by atoms with Gasteiger partial charge in [0.1, 0.15) is 5.75 Å². The molecule has 0 spiro atoms. The van der Waals surface area contributed by atoms with Crippen LogP contribution >= 0.6 is 0 Å². The minimum atomic E-state index is -3.50. The molecule has 0 radical (unpaired) electrons. The summed E-state index contributed by atoms with van der Waals surface area (Å²) >= 11 is 0. The van der Waals surface area contributed by atoms with Gasteiger partial charge >= 0.3 is 0 Å². The molecule has 2 atom stereocenters. The number of nitrogens with one attached hydrogen (secondary N) is 1. The van der Waals surface area contributed by atoms with Gasteiger partial charge in [-0.3, -0.25) is 4.79 Å². The molecule has 2 fully saturated rings. The third-order valence-corrected chi connectivity index (χ3v) is 6.49. The summed E-state index contributed by atoms with van der Waals surface area (Å²) in [4.78, 5) is 11.6. The molecule has 1 aromatic carbocycles. The number of amides is 1. The zero-order valence-corrected chi connectivity index (χ0v) is 14.0. The number of piperidine rings is 1. The largest absolute Gasteiger partial charge is 0.496 e. The summed E-state index contributed by atoms with van der Waals surface area (Å²) in [5, 5.41) is 2.85. The fraction of sp³-hybridized carbons (Fsp3) is 0.438. The number of carbonyl (C=O) groups is 1. The van der Waals surface area contributed by atoms with Crippen LogP contribution < -0.4 is 10.1 Å². The van der Waals surface area contributed by atoms with Crippen molar-refractivity contribution in [3.05, 3.63) is 36.4 Å². The molecule has 1 aliphatic heterocycles. The number of benzene rings is 1. The summed E-state index contributed by atoms with van der Waals surface area (Å²) in [6.45, 7) is 6.13. The number of ether oxygens (including phenoxy) is 1. The van der Waals surface area contributed by atoms with Crippen LogP contribution in [0.2, 0.25) is 0 Å². The van der Waals surface area contributed by atoms with Crippen molar-refractivity contribution in [2.75, 3.05) is 20.2 Å². The molecule has 7 heteroatoms. The first-order chi connectivity index (χ1) is 10.9. The third-order valence-electron chi connectivity index (χ3n) is 4.66. The van der Waals surface area contributed by atoms with E-state index >= 15 is 0 Å². The van der Waals surface area contributed by atoms with Gasteiger partial charge in [-0.1, -0.05) is 6.58 Å². The van der Waals surface area contributed by atoms with Gasteiger partial charge in [0.25, 0.3) is 0 Å². The van der Waals surface area contributed by atoms with E-state index in [2.05, 4.69) is 11.9 Å². The number of rotatable bonds is 5. The van der Waals surface area contributed by atoms with E-state index < -0.39 is 10.0 Å². The molecule has 1 amide bonds. The Hall–Kier alpha value is -1.86. The van der Waals surface area contributed by atoms with E-state index in [-0.39, 0.29) is 28.7 Å². The lowest BCUT2D eigenvalue weighted by Gasteiger charge is -2.20. The number of nitrogens with zero attached hydrogens (tertiary/aromatic N) is 1. The van der Waals surface area contributed by atoms with Crippen LogP contribution in [0.3, 0.4) is 0 Å². The summed E-state index contributed by atoms with van der Waals surface area (Å²) < 4.78 is 32.1. The predicted molar refractivity (Wildman–Crippen MR) is 85.6 cm³/mol. The fourth-order valence-corrected chi connectivity index (χ4v) is 4.88. The number of carbonyl (C=O) groups excluding carboxylic acids is 1. The smallest absolute Gasteiger partial charge is 0.243 e. The molecule has 1 N–H and O–H groups in total. The molecular formula is C16H20N2O4S. The van der Waals surface area contributed by atoms with E-state index in [1.807, 2.05) is 6.92 Å². The van der Waals surface area contributed by atoms with Crippen LogP contribution in [0.1, 0.15) is 5.56 Å². The summed E-state index contributed by atoms with van der Waals surface area (Å²) in [6, 6.07) is 4.95. The van der Waals surface area contributed by atoms with Gasteiger partial charge in [-0.15, -0.1) is 0 Å². The summed E-state index contributed by atoms with van der Waals surface area (Å²) in [5.74, 6) is 0.867. The van der Waals surface area contributed by atoms with E-state index in [1.165, 1.54) is 10.4 Å². The number of methoxy groups -OCH3 is 1. The molecule has 124 valence electrons. The van der Waals surface area contributed by atoms with E-state index in [4.69, 9.17) is 4.74 Å². The van der Waals surface area contributed by atoms with Gasteiger partial charge in [0.05, 0.1) is 12.0 Å². The zero-order chi connectivity index (χ0) is 16.8. The first kappa shape index (κ1) is 16.0. The normalized spacial score (nSPS) is 26.4. The molecule has 1 aliphatic carbocycles. The Morgan fingerprint density at radius 2 is 2.04 bits per heavy atom. The van der Waals surface area contributed by atoms with Crippen molar-refractivity contribution < 1.29 is 17.9 Å². The van der Waals surface area contributed by atoms with Crippen LogP contribution in [0, 0.1) is 18.8 Å². The molecule has 1 aromatic rings. The van der Waals surface area contributed by atoms with Gasteiger partial charge in [-0.2, -0.15) is 4.31 Å². The second-order valence-corrected chi connectivity index (χ2v) is 7.96. The lowest BCUT2D eigenvalue weighted by molar-refractivity contribution is -0.116.